The summed E-state index contributed by atoms with van der Waals surface area (Å²) in [6.07, 6.45) is 10.9. The van der Waals surface area contributed by atoms with Gasteiger partial charge in [0.2, 0.25) is 0 Å². The van der Waals surface area contributed by atoms with Crippen molar-refractivity contribution in [3.8, 4) is 0 Å². The Morgan fingerprint density at radius 1 is 1.25 bits per heavy atom. The predicted molar refractivity (Wildman–Crippen MR) is 107 cm³/mol. The summed E-state index contributed by atoms with van der Waals surface area (Å²) >= 11 is 0. The number of hydrogen-bond acceptors (Lipinski definition) is 1. The number of benzene rings is 1. The third kappa shape index (κ3) is 3.63. The largest absolute Gasteiger partial charge is 0.347 e. The third-order valence-electron chi connectivity index (χ3n) is 5.23. The third-order valence-corrected chi connectivity index (χ3v) is 5.23. The Balaban J connectivity index is 0.00000100. The molecule has 0 aliphatic heterocycles. The van der Waals surface area contributed by atoms with Gasteiger partial charge in [0.25, 0.3) is 0 Å². The van der Waals surface area contributed by atoms with Crippen LogP contribution >= 0.6 is 0 Å². The van der Waals surface area contributed by atoms with Crippen molar-refractivity contribution in [2.24, 2.45) is 18.0 Å². The van der Waals surface area contributed by atoms with Crippen LogP contribution in [0.15, 0.2) is 41.5 Å². The number of rotatable bonds is 4. The zero-order valence-electron chi connectivity index (χ0n) is 15.9. The monoisotopic (exact) mass is 324 g/mol. The topological polar surface area (TPSA) is 17.3 Å². The molecule has 2 nitrogen and oxygen atoms in total. The summed E-state index contributed by atoms with van der Waals surface area (Å²) in [6.45, 7) is 8.37. The van der Waals surface area contributed by atoms with E-state index in [0.717, 1.165) is 12.3 Å². The summed E-state index contributed by atoms with van der Waals surface area (Å²) in [7, 11) is 2.22. The minimum absolute atomic E-state index is 0.651. The van der Waals surface area contributed by atoms with Crippen LogP contribution in [0.2, 0.25) is 0 Å². The van der Waals surface area contributed by atoms with E-state index < -0.39 is 0 Å². The minimum Gasteiger partial charge on any atom is -0.347 e. The SMILES string of the molecule is CC.CC=N/C=C\CCC1CCc2c(c3ccccc3n2C)C1C. The van der Waals surface area contributed by atoms with Crippen molar-refractivity contribution < 1.29 is 0 Å². The van der Waals surface area contributed by atoms with E-state index in [-0.39, 0.29) is 0 Å². The number of para-hydroxylation sites is 1. The van der Waals surface area contributed by atoms with Crippen LogP contribution < -0.4 is 0 Å². The maximum absolute atomic E-state index is 4.14. The summed E-state index contributed by atoms with van der Waals surface area (Å²) in [4.78, 5) is 4.14. The van der Waals surface area contributed by atoms with E-state index in [1.54, 1.807) is 11.3 Å². The molecule has 1 aliphatic carbocycles. The van der Waals surface area contributed by atoms with E-state index in [0.29, 0.717) is 5.92 Å². The highest BCUT2D eigenvalue weighted by Crippen LogP contribution is 2.43. The highest BCUT2D eigenvalue weighted by atomic mass is 15.0. The molecule has 0 N–H and O–H groups in total. The second-order valence-electron chi connectivity index (χ2n) is 6.39. The lowest BCUT2D eigenvalue weighted by Crippen LogP contribution is -2.19. The zero-order valence-corrected chi connectivity index (χ0v) is 15.9. The van der Waals surface area contributed by atoms with Crippen molar-refractivity contribution in [3.63, 3.8) is 0 Å². The van der Waals surface area contributed by atoms with Crippen molar-refractivity contribution in [2.45, 2.75) is 59.3 Å². The lowest BCUT2D eigenvalue weighted by Gasteiger charge is -2.30. The first-order valence-corrected chi connectivity index (χ1v) is 9.43. The molecule has 0 fully saturated rings. The normalized spacial score (nSPS) is 20.4. The lowest BCUT2D eigenvalue weighted by molar-refractivity contribution is 0.365. The number of aliphatic imine (C=N–C) groups is 1. The van der Waals surface area contributed by atoms with Crippen LogP contribution in [0, 0.1) is 5.92 Å². The number of hydrogen-bond donors (Lipinski definition) is 0. The standard InChI is InChI=1S/C20H26N2.C2H6/c1-4-21-14-8-7-9-16-12-13-19-20(15(16)2)17-10-5-6-11-18(17)22(19)3;1-2/h4-6,8,10-11,14-16H,7,9,12-13H2,1-3H3;1-2H3/b14-8-,21-4?;. The highest BCUT2D eigenvalue weighted by Gasteiger charge is 2.29. The molecule has 2 heteroatoms. The van der Waals surface area contributed by atoms with Gasteiger partial charge in [-0.15, -0.1) is 0 Å². The smallest absolute Gasteiger partial charge is 0.0482 e. The fourth-order valence-electron chi connectivity index (χ4n) is 4.02. The Morgan fingerprint density at radius 2 is 2.00 bits per heavy atom. The first-order chi connectivity index (χ1) is 11.7. The van der Waals surface area contributed by atoms with Gasteiger partial charge in [-0.3, -0.25) is 4.99 Å². The van der Waals surface area contributed by atoms with Gasteiger partial charge < -0.3 is 4.57 Å². The molecule has 1 aromatic carbocycles. The van der Waals surface area contributed by atoms with Gasteiger partial charge >= 0.3 is 0 Å². The minimum atomic E-state index is 0.651. The summed E-state index contributed by atoms with van der Waals surface area (Å²) in [6, 6.07) is 8.86. The molecule has 130 valence electrons. The van der Waals surface area contributed by atoms with Crippen LogP contribution in [-0.2, 0) is 13.5 Å². The molecule has 0 bridgehead atoms. The summed E-state index contributed by atoms with van der Waals surface area (Å²) < 4.78 is 2.41. The van der Waals surface area contributed by atoms with Crippen molar-refractivity contribution >= 4 is 17.1 Å². The molecule has 0 amide bonds. The fourth-order valence-corrected chi connectivity index (χ4v) is 4.02. The average Bonchev–Trinajstić information content (AvgIpc) is 2.92. The molecule has 0 saturated carbocycles. The average molecular weight is 325 g/mol. The Morgan fingerprint density at radius 3 is 2.75 bits per heavy atom. The summed E-state index contributed by atoms with van der Waals surface area (Å²) in [5.74, 6) is 1.44. The van der Waals surface area contributed by atoms with Crippen molar-refractivity contribution in [3.05, 3.63) is 47.8 Å². The molecular weight excluding hydrogens is 292 g/mol. The fraction of sp³-hybridized carbons (Fsp3) is 0.500. The Labute approximate surface area is 147 Å². The van der Waals surface area contributed by atoms with Gasteiger partial charge in [-0.1, -0.05) is 45.0 Å². The maximum Gasteiger partial charge on any atom is 0.0482 e. The molecular formula is C22H32N2. The van der Waals surface area contributed by atoms with Crippen LogP contribution in [0.4, 0.5) is 0 Å². The molecule has 1 aromatic heterocycles. The van der Waals surface area contributed by atoms with Gasteiger partial charge in [0, 0.05) is 36.1 Å². The Bertz CT molecular complexity index is 706. The van der Waals surface area contributed by atoms with E-state index in [1.807, 2.05) is 33.2 Å². The van der Waals surface area contributed by atoms with Gasteiger partial charge in [-0.05, 0) is 56.1 Å². The van der Waals surface area contributed by atoms with Crippen LogP contribution in [0.25, 0.3) is 10.9 Å². The summed E-state index contributed by atoms with van der Waals surface area (Å²) in [5.41, 5.74) is 4.54. The number of nitrogens with zero attached hydrogens (tertiary/aromatic N) is 2. The van der Waals surface area contributed by atoms with E-state index in [1.165, 1.54) is 30.2 Å². The molecule has 2 unspecified atom stereocenters. The predicted octanol–water partition coefficient (Wildman–Crippen LogP) is 6.26. The molecule has 3 rings (SSSR count). The highest BCUT2D eigenvalue weighted by molar-refractivity contribution is 5.86. The maximum atomic E-state index is 4.14. The van der Waals surface area contributed by atoms with Gasteiger partial charge in [0.1, 0.15) is 0 Å². The number of aromatic nitrogens is 1. The van der Waals surface area contributed by atoms with E-state index in [9.17, 15) is 0 Å². The number of fused-ring (bicyclic) bond motifs is 3. The quantitative estimate of drug-likeness (QED) is 0.591. The molecule has 2 atom stereocenters. The van der Waals surface area contributed by atoms with Crippen LogP contribution in [0.3, 0.4) is 0 Å². The van der Waals surface area contributed by atoms with Crippen LogP contribution in [-0.4, -0.2) is 10.8 Å². The van der Waals surface area contributed by atoms with Crippen molar-refractivity contribution in [1.82, 2.24) is 4.57 Å². The van der Waals surface area contributed by atoms with Gasteiger partial charge in [-0.2, -0.15) is 0 Å². The number of allylic oxidation sites excluding steroid dienone is 1. The second-order valence-corrected chi connectivity index (χ2v) is 6.39. The van der Waals surface area contributed by atoms with Crippen molar-refractivity contribution in [2.75, 3.05) is 0 Å². The molecule has 0 saturated heterocycles. The van der Waals surface area contributed by atoms with Crippen LogP contribution in [0.1, 0.15) is 64.1 Å². The molecule has 0 radical (unpaired) electrons. The lowest BCUT2D eigenvalue weighted by atomic mass is 9.75. The van der Waals surface area contributed by atoms with E-state index in [4.69, 9.17) is 0 Å². The second kappa shape index (κ2) is 8.86. The Kier molecular flexibility index (Phi) is 6.84. The van der Waals surface area contributed by atoms with Gasteiger partial charge in [0.05, 0.1) is 0 Å². The molecule has 2 aromatic rings. The number of aryl methyl sites for hydroxylation is 1. The van der Waals surface area contributed by atoms with Crippen LogP contribution in [0.5, 0.6) is 0 Å². The van der Waals surface area contributed by atoms with E-state index >= 15 is 0 Å². The van der Waals surface area contributed by atoms with E-state index in [2.05, 4.69) is 53.9 Å². The first-order valence-electron chi connectivity index (χ1n) is 9.43. The molecule has 1 heterocycles. The van der Waals surface area contributed by atoms with Crippen molar-refractivity contribution in [1.29, 1.82) is 0 Å². The molecule has 0 spiro atoms. The zero-order chi connectivity index (χ0) is 17.5. The first kappa shape index (κ1) is 18.5. The molecule has 1 aliphatic rings. The Hall–Kier alpha value is -1.83. The van der Waals surface area contributed by atoms with Gasteiger partial charge in [0.15, 0.2) is 0 Å². The van der Waals surface area contributed by atoms with Gasteiger partial charge in [-0.25, -0.2) is 0 Å². The summed E-state index contributed by atoms with van der Waals surface area (Å²) in [5, 5.41) is 1.46. The molecule has 24 heavy (non-hydrogen) atoms.